The third-order valence-electron chi connectivity index (χ3n) is 5.07. The molecule has 0 saturated carbocycles. The molecule has 30 heavy (non-hydrogen) atoms. The molecule has 2 aromatic rings. The van der Waals surface area contributed by atoms with Gasteiger partial charge in [-0.05, 0) is 25.0 Å². The van der Waals surface area contributed by atoms with E-state index in [1.54, 1.807) is 12.4 Å². The minimum atomic E-state index is -0.0238. The quantitative estimate of drug-likeness (QED) is 0.511. The molecule has 160 valence electrons. The average molecular weight is 429 g/mol. The first-order chi connectivity index (χ1) is 14.5. The molecular weight excluding hydrogens is 400 g/mol. The summed E-state index contributed by atoms with van der Waals surface area (Å²) in [5.41, 5.74) is 3.00. The van der Waals surface area contributed by atoms with Crippen molar-refractivity contribution in [2.75, 3.05) is 43.8 Å². The van der Waals surface area contributed by atoms with Crippen LogP contribution < -0.4 is 5.32 Å². The number of carbonyl (C=O) groups excluding carboxylic acids is 2. The summed E-state index contributed by atoms with van der Waals surface area (Å²) in [6.45, 7) is 11.2. The molecule has 9 heteroatoms. The van der Waals surface area contributed by atoms with Crippen LogP contribution in [0.25, 0.3) is 0 Å². The normalized spacial score (nSPS) is 14.5. The van der Waals surface area contributed by atoms with Crippen LogP contribution in [-0.4, -0.2) is 74.9 Å². The molecule has 0 aliphatic carbocycles. The Hall–Kier alpha value is -2.65. The molecule has 1 aliphatic rings. The number of aromatic nitrogens is 3. The molecule has 2 amide bonds. The van der Waals surface area contributed by atoms with Gasteiger partial charge in [0.05, 0.1) is 12.3 Å². The van der Waals surface area contributed by atoms with E-state index >= 15 is 0 Å². The van der Waals surface area contributed by atoms with Crippen LogP contribution in [0.1, 0.15) is 11.1 Å². The predicted molar refractivity (Wildman–Crippen MR) is 119 cm³/mol. The Morgan fingerprint density at radius 3 is 2.57 bits per heavy atom. The van der Waals surface area contributed by atoms with Gasteiger partial charge in [0.15, 0.2) is 5.16 Å². The number of allylic oxidation sites excluding steroid dienone is 1. The summed E-state index contributed by atoms with van der Waals surface area (Å²) in [4.78, 5) is 28.9. The lowest BCUT2D eigenvalue weighted by Crippen LogP contribution is -2.51. The van der Waals surface area contributed by atoms with Gasteiger partial charge in [0, 0.05) is 38.4 Å². The molecule has 0 atom stereocenters. The van der Waals surface area contributed by atoms with Gasteiger partial charge in [-0.3, -0.25) is 14.5 Å². The Morgan fingerprint density at radius 1 is 1.20 bits per heavy atom. The summed E-state index contributed by atoms with van der Waals surface area (Å²) in [6, 6.07) is 5.97. The van der Waals surface area contributed by atoms with Crippen molar-refractivity contribution in [3.8, 4) is 0 Å². The standard InChI is InChI=1S/C21H28N6O2S/c1-4-8-27-15-22-24-21(27)30-14-19(29)26-11-9-25(10-12-26)13-18(28)23-20-16(2)6-5-7-17(20)3/h4-7,15H,1,8-14H2,2-3H3,(H,23,28). The number of rotatable bonds is 8. The van der Waals surface area contributed by atoms with Crippen LogP contribution in [0, 0.1) is 13.8 Å². The Kier molecular flexibility index (Phi) is 7.64. The van der Waals surface area contributed by atoms with Crippen LogP contribution in [0.2, 0.25) is 0 Å². The summed E-state index contributed by atoms with van der Waals surface area (Å²) in [6.07, 6.45) is 3.40. The summed E-state index contributed by atoms with van der Waals surface area (Å²) < 4.78 is 1.86. The Bertz CT molecular complexity index is 884. The predicted octanol–water partition coefficient (Wildman–Crippen LogP) is 1.96. The lowest BCUT2D eigenvalue weighted by molar-refractivity contribution is -0.130. The maximum absolute atomic E-state index is 12.5. The fourth-order valence-corrected chi connectivity index (χ4v) is 4.21. The number of nitrogens with zero attached hydrogens (tertiary/aromatic N) is 5. The van der Waals surface area contributed by atoms with Crippen molar-refractivity contribution in [3.63, 3.8) is 0 Å². The summed E-state index contributed by atoms with van der Waals surface area (Å²) in [5, 5.41) is 11.7. The van der Waals surface area contributed by atoms with Gasteiger partial charge >= 0.3 is 0 Å². The number of carbonyl (C=O) groups is 2. The highest BCUT2D eigenvalue weighted by atomic mass is 32.2. The van der Waals surface area contributed by atoms with Crippen molar-refractivity contribution < 1.29 is 9.59 Å². The number of thioether (sulfide) groups is 1. The molecule has 1 aromatic carbocycles. The Balaban J connectivity index is 1.43. The first kappa shape index (κ1) is 22.0. The Labute approximate surface area is 181 Å². The van der Waals surface area contributed by atoms with Crippen molar-refractivity contribution >= 4 is 29.3 Å². The van der Waals surface area contributed by atoms with Gasteiger partial charge < -0.3 is 14.8 Å². The molecule has 1 aliphatic heterocycles. The lowest BCUT2D eigenvalue weighted by Gasteiger charge is -2.34. The SMILES string of the molecule is C=CCn1cnnc1SCC(=O)N1CCN(CC(=O)Nc2c(C)cccc2C)CC1. The zero-order valence-corrected chi connectivity index (χ0v) is 18.3. The monoisotopic (exact) mass is 428 g/mol. The van der Waals surface area contributed by atoms with Crippen LogP contribution in [0.3, 0.4) is 0 Å². The number of piperazine rings is 1. The van der Waals surface area contributed by atoms with Crippen molar-refractivity contribution in [2.24, 2.45) is 0 Å². The molecule has 0 spiro atoms. The van der Waals surface area contributed by atoms with Crippen LogP contribution in [0.4, 0.5) is 5.69 Å². The van der Waals surface area contributed by atoms with E-state index in [9.17, 15) is 9.59 Å². The smallest absolute Gasteiger partial charge is 0.238 e. The molecule has 1 saturated heterocycles. The van der Waals surface area contributed by atoms with E-state index in [-0.39, 0.29) is 11.8 Å². The van der Waals surface area contributed by atoms with E-state index in [1.807, 2.05) is 41.5 Å². The first-order valence-corrected chi connectivity index (χ1v) is 10.9. The van der Waals surface area contributed by atoms with Crippen molar-refractivity contribution in [1.82, 2.24) is 24.6 Å². The maximum Gasteiger partial charge on any atom is 0.238 e. The first-order valence-electron chi connectivity index (χ1n) is 9.95. The molecule has 0 bridgehead atoms. The van der Waals surface area contributed by atoms with E-state index in [0.717, 1.165) is 16.8 Å². The largest absolute Gasteiger partial charge is 0.339 e. The van der Waals surface area contributed by atoms with Crippen LogP contribution in [-0.2, 0) is 16.1 Å². The second-order valence-corrected chi connectivity index (χ2v) is 8.26. The summed E-state index contributed by atoms with van der Waals surface area (Å²) in [7, 11) is 0. The third kappa shape index (κ3) is 5.70. The van der Waals surface area contributed by atoms with Crippen LogP contribution >= 0.6 is 11.8 Å². The molecule has 3 rings (SSSR count). The zero-order chi connectivity index (χ0) is 21.5. The van der Waals surface area contributed by atoms with Gasteiger partial charge in [-0.2, -0.15) is 0 Å². The third-order valence-corrected chi connectivity index (χ3v) is 6.03. The molecule has 2 heterocycles. The minimum absolute atomic E-state index is 0.0238. The molecule has 1 N–H and O–H groups in total. The number of amides is 2. The van der Waals surface area contributed by atoms with Crippen molar-refractivity contribution in [1.29, 1.82) is 0 Å². The van der Waals surface area contributed by atoms with Gasteiger partial charge in [0.2, 0.25) is 11.8 Å². The van der Waals surface area contributed by atoms with Crippen LogP contribution in [0.15, 0.2) is 42.3 Å². The second-order valence-electron chi connectivity index (χ2n) is 7.32. The van der Waals surface area contributed by atoms with E-state index in [1.165, 1.54) is 11.8 Å². The van der Waals surface area contributed by atoms with Crippen molar-refractivity contribution in [2.45, 2.75) is 25.5 Å². The fraction of sp³-hybridized carbons (Fsp3) is 0.429. The Morgan fingerprint density at radius 2 is 1.90 bits per heavy atom. The van der Waals surface area contributed by atoms with E-state index in [2.05, 4.69) is 27.0 Å². The zero-order valence-electron chi connectivity index (χ0n) is 17.5. The van der Waals surface area contributed by atoms with Gasteiger partial charge in [-0.15, -0.1) is 16.8 Å². The van der Waals surface area contributed by atoms with Gasteiger partial charge in [-0.1, -0.05) is 36.0 Å². The second kappa shape index (κ2) is 10.4. The molecular formula is C21H28N6O2S. The highest BCUT2D eigenvalue weighted by Gasteiger charge is 2.23. The van der Waals surface area contributed by atoms with Gasteiger partial charge in [0.1, 0.15) is 6.33 Å². The number of hydrogen-bond acceptors (Lipinski definition) is 6. The molecule has 1 aromatic heterocycles. The number of hydrogen-bond donors (Lipinski definition) is 1. The number of nitrogens with one attached hydrogen (secondary N) is 1. The fourth-order valence-electron chi connectivity index (χ4n) is 3.39. The highest BCUT2D eigenvalue weighted by Crippen LogP contribution is 2.19. The van der Waals surface area contributed by atoms with Gasteiger partial charge in [0.25, 0.3) is 0 Å². The van der Waals surface area contributed by atoms with Crippen molar-refractivity contribution in [3.05, 3.63) is 48.3 Å². The van der Waals surface area contributed by atoms with E-state index in [0.29, 0.717) is 50.2 Å². The highest BCUT2D eigenvalue weighted by molar-refractivity contribution is 7.99. The minimum Gasteiger partial charge on any atom is -0.339 e. The maximum atomic E-state index is 12.5. The molecule has 0 radical (unpaired) electrons. The van der Waals surface area contributed by atoms with E-state index < -0.39 is 0 Å². The molecule has 8 nitrogen and oxygen atoms in total. The number of benzene rings is 1. The molecule has 0 unspecified atom stereocenters. The van der Waals surface area contributed by atoms with Crippen LogP contribution in [0.5, 0.6) is 0 Å². The average Bonchev–Trinajstić information content (AvgIpc) is 3.17. The number of aryl methyl sites for hydroxylation is 2. The lowest BCUT2D eigenvalue weighted by atomic mass is 10.1. The molecule has 1 fully saturated rings. The van der Waals surface area contributed by atoms with Gasteiger partial charge in [-0.25, -0.2) is 0 Å². The number of anilines is 1. The number of para-hydroxylation sites is 1. The summed E-state index contributed by atoms with van der Waals surface area (Å²) in [5.74, 6) is 0.375. The topological polar surface area (TPSA) is 83.4 Å². The summed E-state index contributed by atoms with van der Waals surface area (Å²) >= 11 is 1.38. The van der Waals surface area contributed by atoms with E-state index in [4.69, 9.17) is 0 Å².